The fourth-order valence-corrected chi connectivity index (χ4v) is 4.38. The van der Waals surface area contributed by atoms with E-state index in [4.69, 9.17) is 9.47 Å². The minimum atomic E-state index is -4.59. The van der Waals surface area contributed by atoms with E-state index in [0.717, 1.165) is 0 Å². The van der Waals surface area contributed by atoms with Gasteiger partial charge in [0.2, 0.25) is 5.91 Å². The zero-order valence-electron chi connectivity index (χ0n) is 19.6. The number of amides is 1. The highest BCUT2D eigenvalue weighted by molar-refractivity contribution is 7.86. The van der Waals surface area contributed by atoms with Crippen molar-refractivity contribution in [1.82, 2.24) is 0 Å². The quantitative estimate of drug-likeness (QED) is 0.317. The summed E-state index contributed by atoms with van der Waals surface area (Å²) in [4.78, 5) is 35.5. The average Bonchev–Trinajstić information content (AvgIpc) is 2.76. The van der Waals surface area contributed by atoms with E-state index in [9.17, 15) is 27.4 Å². The predicted molar refractivity (Wildman–Crippen MR) is 127 cm³/mol. The van der Waals surface area contributed by atoms with Gasteiger partial charge in [-0.25, -0.2) is 4.79 Å². The van der Waals surface area contributed by atoms with Crippen molar-refractivity contribution < 1.29 is 36.8 Å². The highest BCUT2D eigenvalue weighted by Gasteiger charge is 2.22. The maximum Gasteiger partial charge on any atom is 0.335 e. The van der Waals surface area contributed by atoms with Crippen LogP contribution in [0.15, 0.2) is 41.3 Å². The van der Waals surface area contributed by atoms with Crippen LogP contribution in [0.3, 0.4) is 0 Å². The summed E-state index contributed by atoms with van der Waals surface area (Å²) in [5, 5.41) is 3.46. The van der Waals surface area contributed by atoms with Crippen LogP contribution in [-0.2, 0) is 34.0 Å². The zero-order chi connectivity index (χ0) is 25.3. The molecule has 9 nitrogen and oxygen atoms in total. The van der Waals surface area contributed by atoms with Crippen LogP contribution < -0.4 is 5.32 Å². The third kappa shape index (κ3) is 8.19. The average molecular weight is 494 g/mol. The standard InChI is InChI=1S/C24H31NO8S/c1-16(26)8-6-10-19(33-24(28)17(2)32-3)11-7-13-22(27)25-21-15-14-18-9-4-5-12-20(18)23(21)34(29,30)31/h4-5,9,12,14-15,17,19H,6-8,10-11,13H2,1-3H3,(H,25,27)(H,29,30,31). The number of benzene rings is 2. The number of rotatable bonds is 13. The number of Topliss-reactive ketones (excluding diaryl/α,β-unsaturated/α-hetero) is 1. The lowest BCUT2D eigenvalue weighted by atomic mass is 10.0. The highest BCUT2D eigenvalue weighted by atomic mass is 32.2. The predicted octanol–water partition coefficient (Wildman–Crippen LogP) is 3.90. The molecule has 0 fully saturated rings. The van der Waals surface area contributed by atoms with Crippen LogP contribution in [0.2, 0.25) is 0 Å². The Bertz CT molecular complexity index is 1130. The number of carbonyl (C=O) groups excluding carboxylic acids is 3. The summed E-state index contributed by atoms with van der Waals surface area (Å²) in [6.45, 7) is 3.06. The first kappa shape index (κ1) is 27.4. The molecule has 0 spiro atoms. The number of anilines is 1. The summed E-state index contributed by atoms with van der Waals surface area (Å²) in [5.41, 5.74) is -0.00967. The molecule has 0 aliphatic heterocycles. The number of fused-ring (bicyclic) bond motifs is 1. The molecule has 2 atom stereocenters. The molecule has 0 radical (unpaired) electrons. The Hall–Kier alpha value is -2.82. The lowest BCUT2D eigenvalue weighted by molar-refractivity contribution is -0.160. The summed E-state index contributed by atoms with van der Waals surface area (Å²) < 4.78 is 44.2. The second-order valence-electron chi connectivity index (χ2n) is 8.11. The van der Waals surface area contributed by atoms with Crippen molar-refractivity contribution >= 4 is 44.2 Å². The molecular formula is C24H31NO8S. The van der Waals surface area contributed by atoms with E-state index in [1.54, 1.807) is 37.3 Å². The van der Waals surface area contributed by atoms with E-state index in [-0.39, 0.29) is 22.8 Å². The molecule has 0 saturated carbocycles. The SMILES string of the molecule is COC(C)C(=O)OC(CCCC(C)=O)CCCC(=O)Nc1ccc2ccccc2c1S(=O)(=O)O. The fraction of sp³-hybridized carbons (Fsp3) is 0.458. The Kier molecular flexibility index (Phi) is 10.2. The largest absolute Gasteiger partial charge is 0.460 e. The number of ether oxygens (including phenoxy) is 2. The number of methoxy groups -OCH3 is 1. The van der Waals surface area contributed by atoms with Crippen LogP contribution >= 0.6 is 0 Å². The van der Waals surface area contributed by atoms with Crippen molar-refractivity contribution in [2.24, 2.45) is 0 Å². The molecule has 0 aromatic heterocycles. The van der Waals surface area contributed by atoms with Gasteiger partial charge in [0.05, 0.1) is 5.69 Å². The van der Waals surface area contributed by atoms with Gasteiger partial charge in [-0.1, -0.05) is 30.3 Å². The second-order valence-corrected chi connectivity index (χ2v) is 9.47. The van der Waals surface area contributed by atoms with Crippen LogP contribution in [0.25, 0.3) is 10.8 Å². The Labute approximate surface area is 199 Å². The molecule has 0 aliphatic rings. The van der Waals surface area contributed by atoms with Crippen molar-refractivity contribution in [3.63, 3.8) is 0 Å². The number of nitrogens with one attached hydrogen (secondary N) is 1. The molecule has 186 valence electrons. The van der Waals surface area contributed by atoms with Gasteiger partial charge in [0, 0.05) is 25.3 Å². The monoisotopic (exact) mass is 493 g/mol. The first-order valence-electron chi connectivity index (χ1n) is 11.0. The maximum absolute atomic E-state index is 12.5. The van der Waals surface area contributed by atoms with Gasteiger partial charge in [0.15, 0.2) is 6.10 Å². The van der Waals surface area contributed by atoms with E-state index >= 15 is 0 Å². The molecule has 34 heavy (non-hydrogen) atoms. The second kappa shape index (κ2) is 12.6. The van der Waals surface area contributed by atoms with Gasteiger partial charge in [-0.3, -0.25) is 9.35 Å². The molecule has 0 heterocycles. The van der Waals surface area contributed by atoms with E-state index < -0.39 is 34.2 Å². The van der Waals surface area contributed by atoms with Crippen LogP contribution in [0, 0.1) is 0 Å². The smallest absolute Gasteiger partial charge is 0.335 e. The molecule has 2 aromatic rings. The number of carbonyl (C=O) groups is 3. The molecular weight excluding hydrogens is 462 g/mol. The van der Waals surface area contributed by atoms with Gasteiger partial charge in [0.1, 0.15) is 16.8 Å². The topological polar surface area (TPSA) is 136 Å². The molecule has 1 amide bonds. The zero-order valence-corrected chi connectivity index (χ0v) is 20.4. The van der Waals surface area contributed by atoms with Gasteiger partial charge >= 0.3 is 5.97 Å². The third-order valence-corrected chi connectivity index (χ3v) is 6.32. The van der Waals surface area contributed by atoms with E-state index in [1.165, 1.54) is 20.1 Å². The molecule has 0 aliphatic carbocycles. The summed E-state index contributed by atoms with van der Waals surface area (Å²) in [6, 6.07) is 9.72. The Morgan fingerprint density at radius 1 is 1.03 bits per heavy atom. The lowest BCUT2D eigenvalue weighted by Gasteiger charge is -2.20. The van der Waals surface area contributed by atoms with Gasteiger partial charge in [-0.05, 0) is 51.0 Å². The maximum atomic E-state index is 12.5. The first-order chi connectivity index (χ1) is 16.0. The summed E-state index contributed by atoms with van der Waals surface area (Å²) in [6.07, 6.45) is 0.969. The van der Waals surface area contributed by atoms with Gasteiger partial charge in [0.25, 0.3) is 10.1 Å². The van der Waals surface area contributed by atoms with Crippen molar-refractivity contribution in [2.45, 2.75) is 69.5 Å². The van der Waals surface area contributed by atoms with Crippen LogP contribution in [0.1, 0.15) is 52.4 Å². The highest BCUT2D eigenvalue weighted by Crippen LogP contribution is 2.30. The normalized spacial score (nSPS) is 13.3. The van der Waals surface area contributed by atoms with E-state index in [1.807, 2.05) is 0 Å². The van der Waals surface area contributed by atoms with Crippen molar-refractivity contribution in [2.75, 3.05) is 12.4 Å². The van der Waals surface area contributed by atoms with E-state index in [2.05, 4.69) is 5.32 Å². The molecule has 10 heteroatoms. The third-order valence-electron chi connectivity index (χ3n) is 5.36. The lowest BCUT2D eigenvalue weighted by Crippen LogP contribution is -2.27. The van der Waals surface area contributed by atoms with Crippen LogP contribution in [0.4, 0.5) is 5.69 Å². The minimum Gasteiger partial charge on any atom is -0.460 e. The van der Waals surface area contributed by atoms with Crippen LogP contribution in [0.5, 0.6) is 0 Å². The fourth-order valence-electron chi connectivity index (χ4n) is 3.52. The first-order valence-corrected chi connectivity index (χ1v) is 12.5. The van der Waals surface area contributed by atoms with Gasteiger partial charge in [-0.15, -0.1) is 0 Å². The molecule has 2 N–H and O–H groups in total. The minimum absolute atomic E-state index is 0.00967. The summed E-state index contributed by atoms with van der Waals surface area (Å²) in [5.74, 6) is -0.923. The van der Waals surface area contributed by atoms with Crippen molar-refractivity contribution in [3.05, 3.63) is 36.4 Å². The number of esters is 1. The molecule has 2 rings (SSSR count). The Balaban J connectivity index is 2.04. The van der Waals surface area contributed by atoms with Crippen molar-refractivity contribution in [3.8, 4) is 0 Å². The molecule has 2 aromatic carbocycles. The molecule has 0 saturated heterocycles. The Morgan fingerprint density at radius 2 is 1.68 bits per heavy atom. The Morgan fingerprint density at radius 3 is 2.29 bits per heavy atom. The van der Waals surface area contributed by atoms with Gasteiger partial charge < -0.3 is 19.6 Å². The summed E-state index contributed by atoms with van der Waals surface area (Å²) in [7, 11) is -3.20. The molecule has 2 unspecified atom stereocenters. The van der Waals surface area contributed by atoms with Gasteiger partial charge in [-0.2, -0.15) is 8.42 Å². The van der Waals surface area contributed by atoms with E-state index in [0.29, 0.717) is 42.9 Å². The number of ketones is 1. The van der Waals surface area contributed by atoms with Crippen LogP contribution in [-0.4, -0.2) is 49.9 Å². The summed E-state index contributed by atoms with van der Waals surface area (Å²) >= 11 is 0. The molecule has 0 bridgehead atoms. The number of hydrogen-bond acceptors (Lipinski definition) is 7. The number of hydrogen-bond donors (Lipinski definition) is 2. The van der Waals surface area contributed by atoms with Crippen molar-refractivity contribution in [1.29, 1.82) is 0 Å².